The summed E-state index contributed by atoms with van der Waals surface area (Å²) >= 11 is 0. The molecule has 0 atom stereocenters. The van der Waals surface area contributed by atoms with Crippen molar-refractivity contribution in [3.63, 3.8) is 0 Å². The Balaban J connectivity index is 1.51. The minimum atomic E-state index is -0.882. The second-order valence-electron chi connectivity index (χ2n) is 7.71. The molecule has 0 aromatic heterocycles. The number of hydrogen-bond donors (Lipinski definition) is 3. The van der Waals surface area contributed by atoms with Gasteiger partial charge in [0.25, 0.3) is 5.91 Å². The molecule has 0 aliphatic carbocycles. The molecule has 0 spiro atoms. The molecule has 0 saturated heterocycles. The SMILES string of the molecule is CCOc1cc(/C=N\NC(=O)C(=O)NCc2ccc(C)cc2)ccc1OCC(=O)Nc1ccccc1. The molecule has 3 aromatic carbocycles. The van der Waals surface area contributed by atoms with E-state index >= 15 is 0 Å². The summed E-state index contributed by atoms with van der Waals surface area (Å²) in [4.78, 5) is 36.1. The van der Waals surface area contributed by atoms with Gasteiger partial charge >= 0.3 is 11.8 Å². The number of ether oxygens (including phenoxy) is 2. The van der Waals surface area contributed by atoms with Crippen molar-refractivity contribution in [2.45, 2.75) is 20.4 Å². The van der Waals surface area contributed by atoms with Gasteiger partial charge in [-0.1, -0.05) is 48.0 Å². The number of carbonyl (C=O) groups is 3. The quantitative estimate of drug-likeness (QED) is 0.230. The van der Waals surface area contributed by atoms with Gasteiger partial charge in [0.1, 0.15) is 0 Å². The van der Waals surface area contributed by atoms with E-state index < -0.39 is 11.8 Å². The maximum atomic E-state index is 12.2. The molecule has 3 aromatic rings. The van der Waals surface area contributed by atoms with E-state index in [0.717, 1.165) is 11.1 Å². The molecule has 36 heavy (non-hydrogen) atoms. The predicted molar refractivity (Wildman–Crippen MR) is 137 cm³/mol. The Morgan fingerprint density at radius 1 is 0.889 bits per heavy atom. The van der Waals surface area contributed by atoms with Crippen LogP contribution in [0, 0.1) is 6.92 Å². The number of amides is 3. The number of anilines is 1. The molecule has 3 N–H and O–H groups in total. The van der Waals surface area contributed by atoms with Crippen molar-refractivity contribution < 1.29 is 23.9 Å². The maximum Gasteiger partial charge on any atom is 0.329 e. The molecule has 3 rings (SSSR count). The summed E-state index contributed by atoms with van der Waals surface area (Å²) in [6.07, 6.45) is 1.37. The number of nitrogens with one attached hydrogen (secondary N) is 3. The van der Waals surface area contributed by atoms with Crippen LogP contribution in [0.15, 0.2) is 77.9 Å². The molecule has 0 aliphatic heterocycles. The molecule has 0 heterocycles. The maximum absolute atomic E-state index is 12.2. The summed E-state index contributed by atoms with van der Waals surface area (Å²) in [6.45, 7) is 4.21. The van der Waals surface area contributed by atoms with Crippen LogP contribution in [0.4, 0.5) is 5.69 Å². The van der Waals surface area contributed by atoms with Gasteiger partial charge < -0.3 is 20.1 Å². The number of aryl methyl sites for hydroxylation is 1. The summed E-state index contributed by atoms with van der Waals surface area (Å²) in [7, 11) is 0. The number of para-hydroxylation sites is 1. The number of carbonyl (C=O) groups excluding carboxylic acids is 3. The normalized spacial score (nSPS) is 10.5. The lowest BCUT2D eigenvalue weighted by molar-refractivity contribution is -0.139. The highest BCUT2D eigenvalue weighted by Gasteiger charge is 2.12. The van der Waals surface area contributed by atoms with Crippen molar-refractivity contribution in [3.05, 3.63) is 89.5 Å². The van der Waals surface area contributed by atoms with Gasteiger partial charge in [0.15, 0.2) is 18.1 Å². The minimum absolute atomic E-state index is 0.198. The summed E-state index contributed by atoms with van der Waals surface area (Å²) < 4.78 is 11.2. The molecule has 9 nitrogen and oxygen atoms in total. The molecule has 0 radical (unpaired) electrons. The van der Waals surface area contributed by atoms with E-state index in [1.54, 1.807) is 30.3 Å². The van der Waals surface area contributed by atoms with Crippen LogP contribution in [-0.2, 0) is 20.9 Å². The Morgan fingerprint density at radius 3 is 2.36 bits per heavy atom. The number of nitrogens with zero attached hydrogens (tertiary/aromatic N) is 1. The number of hydrogen-bond acceptors (Lipinski definition) is 6. The van der Waals surface area contributed by atoms with Gasteiger partial charge in [0.05, 0.1) is 12.8 Å². The van der Waals surface area contributed by atoms with Crippen molar-refractivity contribution in [2.75, 3.05) is 18.5 Å². The summed E-state index contributed by atoms with van der Waals surface area (Å²) in [5.74, 6) is -1.18. The molecular formula is C27H28N4O5. The van der Waals surface area contributed by atoms with Crippen LogP contribution in [0.3, 0.4) is 0 Å². The first kappa shape index (κ1) is 26.0. The van der Waals surface area contributed by atoms with Gasteiger partial charge in [-0.2, -0.15) is 5.10 Å². The molecule has 0 fully saturated rings. The predicted octanol–water partition coefficient (Wildman–Crippen LogP) is 3.18. The number of hydrazone groups is 1. The van der Waals surface area contributed by atoms with Crippen LogP contribution in [0.25, 0.3) is 0 Å². The Bertz CT molecular complexity index is 1210. The van der Waals surface area contributed by atoms with Crippen LogP contribution in [-0.4, -0.2) is 37.1 Å². The fourth-order valence-electron chi connectivity index (χ4n) is 3.04. The average Bonchev–Trinajstić information content (AvgIpc) is 2.88. The largest absolute Gasteiger partial charge is 0.490 e. The third-order valence-corrected chi connectivity index (χ3v) is 4.84. The lowest BCUT2D eigenvalue weighted by atomic mass is 10.1. The average molecular weight is 489 g/mol. The monoisotopic (exact) mass is 488 g/mol. The highest BCUT2D eigenvalue weighted by molar-refractivity contribution is 6.35. The van der Waals surface area contributed by atoms with E-state index in [9.17, 15) is 14.4 Å². The van der Waals surface area contributed by atoms with Crippen molar-refractivity contribution in [3.8, 4) is 11.5 Å². The number of benzene rings is 3. The van der Waals surface area contributed by atoms with Crippen molar-refractivity contribution in [2.24, 2.45) is 5.10 Å². The first-order valence-corrected chi connectivity index (χ1v) is 11.4. The van der Waals surface area contributed by atoms with E-state index in [0.29, 0.717) is 29.4 Å². The zero-order chi connectivity index (χ0) is 25.8. The van der Waals surface area contributed by atoms with Crippen LogP contribution >= 0.6 is 0 Å². The molecule has 0 saturated carbocycles. The molecule has 186 valence electrons. The van der Waals surface area contributed by atoms with Crippen LogP contribution in [0.1, 0.15) is 23.6 Å². The van der Waals surface area contributed by atoms with Crippen molar-refractivity contribution in [1.29, 1.82) is 0 Å². The lowest BCUT2D eigenvalue weighted by Crippen LogP contribution is -2.37. The highest BCUT2D eigenvalue weighted by Crippen LogP contribution is 2.28. The Labute approximate surface area is 209 Å². The molecule has 0 aliphatic rings. The van der Waals surface area contributed by atoms with Gasteiger partial charge in [0.2, 0.25) is 0 Å². The van der Waals surface area contributed by atoms with Gasteiger partial charge in [0, 0.05) is 12.2 Å². The van der Waals surface area contributed by atoms with Gasteiger partial charge in [-0.25, -0.2) is 5.43 Å². The standard InChI is InChI=1S/C27H28N4O5/c1-3-35-24-15-21(13-14-23(24)36-18-25(32)30-22-7-5-4-6-8-22)17-29-31-27(34)26(33)28-16-20-11-9-19(2)10-12-20/h4-15,17H,3,16,18H2,1-2H3,(H,28,33)(H,30,32)(H,31,34)/b29-17-. The Morgan fingerprint density at radius 2 is 1.64 bits per heavy atom. The van der Waals surface area contributed by atoms with Crippen LogP contribution < -0.4 is 25.5 Å². The van der Waals surface area contributed by atoms with E-state index in [1.165, 1.54) is 6.21 Å². The van der Waals surface area contributed by atoms with Gasteiger partial charge in [-0.3, -0.25) is 14.4 Å². The Kier molecular flexibility index (Phi) is 9.58. The zero-order valence-corrected chi connectivity index (χ0v) is 20.1. The Hall–Kier alpha value is -4.66. The summed E-state index contributed by atoms with van der Waals surface area (Å²) in [5.41, 5.74) is 5.46. The highest BCUT2D eigenvalue weighted by atomic mass is 16.5. The van der Waals surface area contributed by atoms with Gasteiger partial charge in [-0.05, 0) is 55.3 Å². The van der Waals surface area contributed by atoms with E-state index in [-0.39, 0.29) is 19.1 Å². The third-order valence-electron chi connectivity index (χ3n) is 4.84. The second kappa shape index (κ2) is 13.3. The number of rotatable bonds is 10. The minimum Gasteiger partial charge on any atom is -0.490 e. The van der Waals surface area contributed by atoms with Crippen molar-refractivity contribution in [1.82, 2.24) is 10.7 Å². The summed E-state index contributed by atoms with van der Waals surface area (Å²) in [6, 6.07) is 21.7. The van der Waals surface area contributed by atoms with Crippen LogP contribution in [0.2, 0.25) is 0 Å². The van der Waals surface area contributed by atoms with Gasteiger partial charge in [-0.15, -0.1) is 0 Å². The molecule has 3 amide bonds. The molecule has 0 bridgehead atoms. The van der Waals surface area contributed by atoms with Crippen LogP contribution in [0.5, 0.6) is 11.5 Å². The van der Waals surface area contributed by atoms with Crippen molar-refractivity contribution >= 4 is 29.6 Å². The lowest BCUT2D eigenvalue weighted by Gasteiger charge is -2.12. The first-order valence-electron chi connectivity index (χ1n) is 11.4. The van der Waals surface area contributed by atoms with E-state index in [4.69, 9.17) is 9.47 Å². The molecular weight excluding hydrogens is 460 g/mol. The van der Waals surface area contributed by atoms with E-state index in [2.05, 4.69) is 21.2 Å². The first-order chi connectivity index (χ1) is 17.4. The van der Waals surface area contributed by atoms with E-state index in [1.807, 2.05) is 56.3 Å². The fourth-order valence-corrected chi connectivity index (χ4v) is 3.04. The fraction of sp³-hybridized carbons (Fsp3) is 0.185. The topological polar surface area (TPSA) is 118 Å². The third kappa shape index (κ3) is 8.28. The smallest absolute Gasteiger partial charge is 0.329 e. The summed E-state index contributed by atoms with van der Waals surface area (Å²) in [5, 5.41) is 9.12. The zero-order valence-electron chi connectivity index (χ0n) is 20.1. The molecule has 0 unspecified atom stereocenters. The molecule has 9 heteroatoms. The second-order valence-corrected chi connectivity index (χ2v) is 7.71.